The summed E-state index contributed by atoms with van der Waals surface area (Å²) in [6.07, 6.45) is 6.82. The highest BCUT2D eigenvalue weighted by Gasteiger charge is 2.31. The Morgan fingerprint density at radius 2 is 1.76 bits per heavy atom. The molecule has 3 aromatic heterocycles. The fraction of sp³-hybridized carbons (Fsp3) is 0.310. The highest BCUT2D eigenvalue weighted by Crippen LogP contribution is 2.30. The van der Waals surface area contributed by atoms with E-state index in [0.29, 0.717) is 46.9 Å². The molecule has 0 bridgehead atoms. The largest absolute Gasteiger partial charge is 0.462 e. The number of aryl methyl sites for hydroxylation is 1. The van der Waals surface area contributed by atoms with E-state index < -0.39 is 5.60 Å². The van der Waals surface area contributed by atoms with Gasteiger partial charge in [0.05, 0.1) is 11.2 Å². The van der Waals surface area contributed by atoms with Crippen LogP contribution < -0.4 is 10.1 Å². The number of aromatic nitrogens is 3. The van der Waals surface area contributed by atoms with Gasteiger partial charge < -0.3 is 15.0 Å². The number of nitrogens with zero attached hydrogens (tertiary/aromatic N) is 4. The standard InChI is InChI=1S/C29H30ClN5O3/c1-19-6-11-25(31-17-19)38-29(2,3)28(37)33-22-9-7-20(8-10-22)21-12-15-34(16-13-21)27(36)24-18-32-26-23(30)5-4-14-35(24)26/h4-11,14,17-18,21H,12-13,15-16H2,1-3H3,(H,33,37). The Hall–Kier alpha value is -3.91. The molecule has 1 saturated heterocycles. The lowest BCUT2D eigenvalue weighted by Crippen LogP contribution is -2.42. The zero-order valence-corrected chi connectivity index (χ0v) is 22.4. The number of piperidine rings is 1. The molecule has 196 valence electrons. The molecule has 0 aliphatic carbocycles. The molecule has 4 heterocycles. The summed E-state index contributed by atoms with van der Waals surface area (Å²) in [5.41, 5.74) is 2.93. The second kappa shape index (κ2) is 10.5. The van der Waals surface area contributed by atoms with Crippen molar-refractivity contribution in [2.24, 2.45) is 0 Å². The monoisotopic (exact) mass is 531 g/mol. The van der Waals surface area contributed by atoms with Gasteiger partial charge in [0.2, 0.25) is 5.88 Å². The van der Waals surface area contributed by atoms with Crippen LogP contribution in [0.5, 0.6) is 5.88 Å². The van der Waals surface area contributed by atoms with Gasteiger partial charge in [0, 0.05) is 37.2 Å². The summed E-state index contributed by atoms with van der Waals surface area (Å²) in [4.78, 5) is 36.4. The molecule has 0 radical (unpaired) electrons. The molecule has 1 aromatic carbocycles. The van der Waals surface area contributed by atoms with Gasteiger partial charge in [0.25, 0.3) is 11.8 Å². The van der Waals surface area contributed by atoms with E-state index in [4.69, 9.17) is 16.3 Å². The molecule has 1 N–H and O–H groups in total. The molecular formula is C29H30ClN5O3. The fourth-order valence-corrected chi connectivity index (χ4v) is 4.87. The van der Waals surface area contributed by atoms with E-state index in [1.165, 1.54) is 5.56 Å². The lowest BCUT2D eigenvalue weighted by Gasteiger charge is -2.32. The second-order valence-corrected chi connectivity index (χ2v) is 10.5. The third-order valence-electron chi connectivity index (χ3n) is 6.92. The van der Waals surface area contributed by atoms with Crippen LogP contribution in [0.15, 0.2) is 67.1 Å². The first-order valence-corrected chi connectivity index (χ1v) is 13.0. The predicted octanol–water partition coefficient (Wildman–Crippen LogP) is 5.51. The van der Waals surface area contributed by atoms with Crippen LogP contribution in [-0.4, -0.2) is 49.8 Å². The number of nitrogens with one attached hydrogen (secondary N) is 1. The molecule has 38 heavy (non-hydrogen) atoms. The number of amides is 2. The van der Waals surface area contributed by atoms with Crippen LogP contribution in [0.3, 0.4) is 0 Å². The molecule has 4 aromatic rings. The number of ether oxygens (including phenoxy) is 1. The Labute approximate surface area is 226 Å². The van der Waals surface area contributed by atoms with Gasteiger partial charge in [-0.05, 0) is 74.9 Å². The van der Waals surface area contributed by atoms with E-state index in [0.717, 1.165) is 18.4 Å². The second-order valence-electron chi connectivity index (χ2n) is 10.1. The van der Waals surface area contributed by atoms with Gasteiger partial charge in [-0.15, -0.1) is 0 Å². The first-order chi connectivity index (χ1) is 18.2. The summed E-state index contributed by atoms with van der Waals surface area (Å²) in [6, 6.07) is 15.1. The SMILES string of the molecule is Cc1ccc(OC(C)(C)C(=O)Nc2ccc(C3CCN(C(=O)c4cnc5c(Cl)cccn45)CC3)cc2)nc1. The summed E-state index contributed by atoms with van der Waals surface area (Å²) in [5.74, 6) is 0.448. The molecule has 8 nitrogen and oxygen atoms in total. The number of hydrogen-bond donors (Lipinski definition) is 1. The predicted molar refractivity (Wildman–Crippen MR) is 147 cm³/mol. The lowest BCUT2D eigenvalue weighted by molar-refractivity contribution is -0.128. The van der Waals surface area contributed by atoms with Crippen molar-refractivity contribution >= 4 is 34.7 Å². The van der Waals surface area contributed by atoms with E-state index >= 15 is 0 Å². The number of carbonyl (C=O) groups excluding carboxylic acids is 2. The average Bonchev–Trinajstić information content (AvgIpc) is 3.35. The van der Waals surface area contributed by atoms with Gasteiger partial charge in [-0.1, -0.05) is 29.8 Å². The Kier molecular flexibility index (Phi) is 7.08. The minimum Gasteiger partial charge on any atom is -0.462 e. The molecule has 0 atom stereocenters. The molecule has 1 aliphatic heterocycles. The molecule has 0 unspecified atom stereocenters. The maximum absolute atomic E-state index is 13.2. The van der Waals surface area contributed by atoms with Crippen LogP contribution in [0.4, 0.5) is 5.69 Å². The van der Waals surface area contributed by atoms with Crippen molar-refractivity contribution in [2.45, 2.75) is 45.1 Å². The third-order valence-corrected chi connectivity index (χ3v) is 7.22. The van der Waals surface area contributed by atoms with Crippen molar-refractivity contribution in [3.8, 4) is 5.88 Å². The molecule has 0 saturated carbocycles. The summed E-state index contributed by atoms with van der Waals surface area (Å²) < 4.78 is 7.57. The van der Waals surface area contributed by atoms with Crippen molar-refractivity contribution < 1.29 is 14.3 Å². The van der Waals surface area contributed by atoms with Gasteiger partial charge in [0.15, 0.2) is 11.2 Å². The molecule has 2 amide bonds. The Bertz CT molecular complexity index is 1460. The molecule has 1 fully saturated rings. The van der Waals surface area contributed by atoms with Gasteiger partial charge in [-0.25, -0.2) is 9.97 Å². The Balaban J connectivity index is 1.17. The zero-order valence-electron chi connectivity index (χ0n) is 21.6. The maximum atomic E-state index is 13.2. The van der Waals surface area contributed by atoms with Gasteiger partial charge in [0.1, 0.15) is 5.69 Å². The minimum absolute atomic E-state index is 0.0399. The number of hydrogen-bond acceptors (Lipinski definition) is 5. The average molecular weight is 532 g/mol. The van der Waals surface area contributed by atoms with Crippen molar-refractivity contribution in [1.29, 1.82) is 0 Å². The number of benzene rings is 1. The van der Waals surface area contributed by atoms with Crippen molar-refractivity contribution in [3.05, 3.63) is 89.0 Å². The number of carbonyl (C=O) groups is 2. The normalized spacial score (nSPS) is 14.5. The smallest absolute Gasteiger partial charge is 0.272 e. The van der Waals surface area contributed by atoms with Gasteiger partial charge >= 0.3 is 0 Å². The quantitative estimate of drug-likeness (QED) is 0.354. The number of fused-ring (bicyclic) bond motifs is 1. The number of pyridine rings is 2. The van der Waals surface area contributed by atoms with E-state index in [2.05, 4.69) is 15.3 Å². The van der Waals surface area contributed by atoms with Crippen LogP contribution >= 0.6 is 11.6 Å². The van der Waals surface area contributed by atoms with E-state index in [1.807, 2.05) is 42.2 Å². The molecule has 1 aliphatic rings. The number of likely N-dealkylation sites (tertiary alicyclic amines) is 1. The first kappa shape index (κ1) is 25.7. The highest BCUT2D eigenvalue weighted by molar-refractivity contribution is 6.33. The molecule has 5 rings (SSSR count). The van der Waals surface area contributed by atoms with Crippen LogP contribution in [0.2, 0.25) is 5.02 Å². The fourth-order valence-electron chi connectivity index (χ4n) is 4.66. The first-order valence-electron chi connectivity index (χ1n) is 12.7. The summed E-state index contributed by atoms with van der Waals surface area (Å²) in [6.45, 7) is 6.70. The molecule has 0 spiro atoms. The van der Waals surface area contributed by atoms with Crippen LogP contribution in [0.25, 0.3) is 5.65 Å². The van der Waals surface area contributed by atoms with Crippen LogP contribution in [-0.2, 0) is 4.79 Å². The maximum Gasteiger partial charge on any atom is 0.272 e. The van der Waals surface area contributed by atoms with Crippen molar-refractivity contribution in [3.63, 3.8) is 0 Å². The summed E-state index contributed by atoms with van der Waals surface area (Å²) >= 11 is 6.21. The van der Waals surface area contributed by atoms with Gasteiger partial charge in [-0.3, -0.25) is 14.0 Å². The van der Waals surface area contributed by atoms with Crippen molar-refractivity contribution in [1.82, 2.24) is 19.3 Å². The number of imidazole rings is 1. The highest BCUT2D eigenvalue weighted by atomic mass is 35.5. The number of halogens is 1. The number of anilines is 1. The van der Waals surface area contributed by atoms with E-state index in [-0.39, 0.29) is 11.8 Å². The van der Waals surface area contributed by atoms with Gasteiger partial charge in [-0.2, -0.15) is 0 Å². The molecular weight excluding hydrogens is 502 g/mol. The molecule has 9 heteroatoms. The number of rotatable bonds is 6. The summed E-state index contributed by atoms with van der Waals surface area (Å²) in [5, 5.41) is 3.46. The van der Waals surface area contributed by atoms with Crippen LogP contribution in [0.1, 0.15) is 54.2 Å². The topological polar surface area (TPSA) is 88.8 Å². The summed E-state index contributed by atoms with van der Waals surface area (Å²) in [7, 11) is 0. The minimum atomic E-state index is -1.09. The lowest BCUT2D eigenvalue weighted by atomic mass is 9.89. The van der Waals surface area contributed by atoms with E-state index in [1.54, 1.807) is 55.0 Å². The zero-order chi connectivity index (χ0) is 26.9. The van der Waals surface area contributed by atoms with Crippen molar-refractivity contribution in [2.75, 3.05) is 18.4 Å². The Morgan fingerprint density at radius 3 is 2.45 bits per heavy atom. The third kappa shape index (κ3) is 5.36. The Morgan fingerprint density at radius 1 is 1.03 bits per heavy atom. The van der Waals surface area contributed by atoms with E-state index in [9.17, 15) is 9.59 Å². The van der Waals surface area contributed by atoms with Crippen LogP contribution in [0, 0.1) is 6.92 Å².